The maximum absolute atomic E-state index is 12.9. The van der Waals surface area contributed by atoms with Crippen molar-refractivity contribution >= 4 is 38.7 Å². The molecule has 2 aliphatic heterocycles. The van der Waals surface area contributed by atoms with E-state index in [9.17, 15) is 22.8 Å². The van der Waals surface area contributed by atoms with Gasteiger partial charge in [-0.2, -0.15) is 8.42 Å². The minimum Gasteiger partial charge on any atom is -0.367 e. The first-order valence-electron chi connectivity index (χ1n) is 11.6. The van der Waals surface area contributed by atoms with Gasteiger partial charge < -0.3 is 10.2 Å². The number of hydrogen-bond donors (Lipinski definition) is 3. The first-order valence-corrected chi connectivity index (χ1v) is 13.1. The van der Waals surface area contributed by atoms with Crippen LogP contribution in [0.15, 0.2) is 52.2 Å². The lowest BCUT2D eigenvalue weighted by Crippen LogP contribution is -2.44. The van der Waals surface area contributed by atoms with Gasteiger partial charge in [0, 0.05) is 39.6 Å². The Hall–Kier alpha value is -3.48. The van der Waals surface area contributed by atoms with Crippen LogP contribution in [0.25, 0.3) is 11.0 Å². The quantitative estimate of drug-likeness (QED) is 0.346. The zero-order valence-corrected chi connectivity index (χ0v) is 20.9. The third-order valence-electron chi connectivity index (χ3n) is 6.38. The molecule has 1 aromatic heterocycles. The highest BCUT2D eigenvalue weighted by atomic mass is 32.2. The van der Waals surface area contributed by atoms with Crippen molar-refractivity contribution < 1.29 is 22.6 Å². The van der Waals surface area contributed by atoms with E-state index < -0.39 is 22.1 Å². The number of nitrogens with zero attached hydrogens (tertiary/aromatic N) is 3. The summed E-state index contributed by atoms with van der Waals surface area (Å²) in [7, 11) is -2.28. The number of aryl methyl sites for hydroxylation is 2. The van der Waals surface area contributed by atoms with E-state index >= 15 is 0 Å². The molecule has 0 bridgehead atoms. The first-order chi connectivity index (χ1) is 17.1. The number of aromatic nitrogens is 2. The Labute approximate surface area is 208 Å². The number of carbonyl (C=O) groups excluding carboxylic acids is 2. The molecule has 192 valence electrons. The van der Waals surface area contributed by atoms with Crippen molar-refractivity contribution in [3.8, 4) is 0 Å². The normalized spacial score (nSPS) is 18.5. The van der Waals surface area contributed by atoms with Crippen LogP contribution in [0, 0.1) is 6.92 Å². The molecule has 0 aliphatic carbocycles. The van der Waals surface area contributed by atoms with Gasteiger partial charge in [-0.3, -0.25) is 28.6 Å². The van der Waals surface area contributed by atoms with Crippen molar-refractivity contribution in [3.63, 3.8) is 0 Å². The molecule has 36 heavy (non-hydrogen) atoms. The van der Waals surface area contributed by atoms with Gasteiger partial charge in [-0.05, 0) is 37.6 Å². The van der Waals surface area contributed by atoms with Crippen molar-refractivity contribution in [2.24, 2.45) is 7.05 Å². The minimum absolute atomic E-state index is 0.0666. The number of piperazine rings is 1. The monoisotopic (exact) mass is 515 g/mol. The van der Waals surface area contributed by atoms with Gasteiger partial charge in [0.1, 0.15) is 6.04 Å². The van der Waals surface area contributed by atoms with Crippen LogP contribution in [0.3, 0.4) is 0 Å². The van der Waals surface area contributed by atoms with E-state index in [1.807, 2.05) is 25.1 Å². The number of amides is 2. The number of anilines is 1. The number of carbonyl (C=O) groups is 2. The Morgan fingerprint density at radius 2 is 1.67 bits per heavy atom. The van der Waals surface area contributed by atoms with Crippen LogP contribution in [0.5, 0.6) is 0 Å². The predicted octanol–water partition coefficient (Wildman–Crippen LogP) is 0.969. The average Bonchev–Trinajstić information content (AvgIpc) is 3.10. The molecule has 1 unspecified atom stereocenters. The van der Waals surface area contributed by atoms with E-state index in [4.69, 9.17) is 4.55 Å². The number of imide groups is 1. The molecule has 2 aliphatic rings. The molecule has 3 heterocycles. The molecule has 0 radical (unpaired) electrons. The minimum atomic E-state index is -4.02. The predicted molar refractivity (Wildman–Crippen MR) is 135 cm³/mol. The topological polar surface area (TPSA) is 143 Å². The second-order valence-corrected chi connectivity index (χ2v) is 10.3. The summed E-state index contributed by atoms with van der Waals surface area (Å²) in [6.07, 6.45) is 0.596. The van der Waals surface area contributed by atoms with Crippen LogP contribution >= 0.6 is 0 Å². The zero-order chi connectivity index (χ0) is 26.0. The van der Waals surface area contributed by atoms with Crippen LogP contribution in [0.1, 0.15) is 24.4 Å². The highest BCUT2D eigenvalue weighted by molar-refractivity contribution is 7.85. The van der Waals surface area contributed by atoms with Gasteiger partial charge in [-0.1, -0.05) is 23.8 Å². The molecule has 11 nitrogen and oxygen atoms in total. The number of imidazole rings is 1. The Kier molecular flexibility index (Phi) is 7.29. The molecule has 2 aromatic carbocycles. The standard InChI is InChI=1S/C17H21N5O3.C7H8O3S/c1-20-15-11(21-9-7-18-8-10-21)3-2-4-12(15)22(17(20)25)13-5-6-14(23)19-16(13)24;1-6-2-4-7(5-3-6)11(8,9)10/h2-4,13,18H,5-10H2,1H3,(H,19,23,24);2-5H,1H3,(H,8,9,10). The summed E-state index contributed by atoms with van der Waals surface area (Å²) in [5.41, 5.74) is 3.30. The van der Waals surface area contributed by atoms with Gasteiger partial charge in [-0.15, -0.1) is 0 Å². The summed E-state index contributed by atoms with van der Waals surface area (Å²) >= 11 is 0. The molecule has 1 atom stereocenters. The number of fused-ring (bicyclic) bond motifs is 1. The van der Waals surface area contributed by atoms with Gasteiger partial charge in [0.25, 0.3) is 10.1 Å². The van der Waals surface area contributed by atoms with E-state index in [-0.39, 0.29) is 22.9 Å². The number of hydrogen-bond acceptors (Lipinski definition) is 7. The lowest BCUT2D eigenvalue weighted by molar-refractivity contribution is -0.135. The van der Waals surface area contributed by atoms with Gasteiger partial charge in [0.15, 0.2) is 0 Å². The van der Waals surface area contributed by atoms with E-state index in [0.29, 0.717) is 6.42 Å². The third-order valence-corrected chi connectivity index (χ3v) is 7.25. The molecule has 2 fully saturated rings. The highest BCUT2D eigenvalue weighted by Gasteiger charge is 2.32. The molecular formula is C24H29N5O6S. The molecule has 12 heteroatoms. The summed E-state index contributed by atoms with van der Waals surface area (Å²) in [5.74, 6) is -0.686. The van der Waals surface area contributed by atoms with Crippen LogP contribution in [0.2, 0.25) is 0 Å². The fourth-order valence-corrected chi connectivity index (χ4v) is 5.00. The molecule has 3 aromatic rings. The second-order valence-electron chi connectivity index (χ2n) is 8.85. The van der Waals surface area contributed by atoms with E-state index in [1.165, 1.54) is 16.7 Å². The fourth-order valence-electron chi connectivity index (χ4n) is 4.52. The molecule has 2 amide bonds. The van der Waals surface area contributed by atoms with Crippen LogP contribution in [-0.2, 0) is 26.8 Å². The Bertz CT molecular complexity index is 1450. The molecular weight excluding hydrogens is 486 g/mol. The van der Waals surface area contributed by atoms with Gasteiger partial charge >= 0.3 is 5.69 Å². The van der Waals surface area contributed by atoms with E-state index in [2.05, 4.69) is 15.5 Å². The van der Waals surface area contributed by atoms with Crippen LogP contribution < -0.4 is 21.2 Å². The molecule has 3 N–H and O–H groups in total. The number of rotatable bonds is 3. The summed E-state index contributed by atoms with van der Waals surface area (Å²) in [6.45, 7) is 5.39. The fraction of sp³-hybridized carbons (Fsp3) is 0.375. The first kappa shape index (κ1) is 25.6. The van der Waals surface area contributed by atoms with Crippen molar-refractivity contribution in [2.45, 2.75) is 30.7 Å². The van der Waals surface area contributed by atoms with Crippen molar-refractivity contribution in [2.75, 3.05) is 31.1 Å². The molecule has 0 spiro atoms. The Balaban J connectivity index is 0.000000233. The van der Waals surface area contributed by atoms with Crippen molar-refractivity contribution in [1.82, 2.24) is 19.8 Å². The summed E-state index contributed by atoms with van der Waals surface area (Å²) in [4.78, 5) is 38.8. The van der Waals surface area contributed by atoms with Crippen molar-refractivity contribution in [3.05, 3.63) is 58.5 Å². The third kappa shape index (κ3) is 5.20. The van der Waals surface area contributed by atoms with Crippen LogP contribution in [-0.4, -0.2) is 60.1 Å². The molecule has 5 rings (SSSR count). The smallest absolute Gasteiger partial charge is 0.329 e. The maximum Gasteiger partial charge on any atom is 0.329 e. The maximum atomic E-state index is 12.9. The summed E-state index contributed by atoms with van der Waals surface area (Å²) in [5, 5.41) is 5.67. The van der Waals surface area contributed by atoms with Crippen molar-refractivity contribution in [1.29, 1.82) is 0 Å². The summed E-state index contributed by atoms with van der Waals surface area (Å²) < 4.78 is 32.7. The average molecular weight is 516 g/mol. The van der Waals surface area contributed by atoms with Gasteiger partial charge in [-0.25, -0.2) is 4.79 Å². The second kappa shape index (κ2) is 10.2. The van der Waals surface area contributed by atoms with Crippen LogP contribution in [0.4, 0.5) is 5.69 Å². The Morgan fingerprint density at radius 1 is 1.00 bits per heavy atom. The number of benzene rings is 2. The molecule has 2 saturated heterocycles. The number of nitrogens with one attached hydrogen (secondary N) is 2. The van der Waals surface area contributed by atoms with Gasteiger partial charge in [0.2, 0.25) is 11.8 Å². The Morgan fingerprint density at radius 3 is 2.28 bits per heavy atom. The lowest BCUT2D eigenvalue weighted by atomic mass is 10.1. The number of piperidine rings is 1. The van der Waals surface area contributed by atoms with E-state index in [1.54, 1.807) is 23.7 Å². The highest BCUT2D eigenvalue weighted by Crippen LogP contribution is 2.29. The van der Waals surface area contributed by atoms with Gasteiger partial charge in [0.05, 0.1) is 21.6 Å². The number of para-hydroxylation sites is 1. The summed E-state index contributed by atoms with van der Waals surface area (Å²) in [6, 6.07) is 11.1. The molecule has 0 saturated carbocycles. The SMILES string of the molecule is Cc1ccc(S(=O)(=O)O)cc1.Cn1c(=O)n(C2CCC(=O)NC2=O)c2cccc(N3CCNCC3)c21. The lowest BCUT2D eigenvalue weighted by Gasteiger charge is -2.30. The zero-order valence-electron chi connectivity index (χ0n) is 20.1. The van der Waals surface area contributed by atoms with E-state index in [0.717, 1.165) is 48.5 Å². The largest absolute Gasteiger partial charge is 0.367 e.